The zero-order valence-corrected chi connectivity index (χ0v) is 12.7. The third-order valence-corrected chi connectivity index (χ3v) is 5.28. The smallest absolute Gasteiger partial charge is 0.246 e. The Morgan fingerprint density at radius 3 is 2.76 bits per heavy atom. The van der Waals surface area contributed by atoms with Gasteiger partial charge in [-0.2, -0.15) is 4.31 Å². The lowest BCUT2D eigenvalue weighted by molar-refractivity contribution is -0.0750. The number of sulfonamides is 1. The highest BCUT2D eigenvalue weighted by Gasteiger charge is 2.35. The van der Waals surface area contributed by atoms with Crippen LogP contribution in [0.3, 0.4) is 0 Å². The molecule has 118 valence electrons. The van der Waals surface area contributed by atoms with Crippen LogP contribution in [0.25, 0.3) is 0 Å². The van der Waals surface area contributed by atoms with Crippen molar-refractivity contribution in [1.29, 1.82) is 0 Å². The van der Waals surface area contributed by atoms with Crippen molar-refractivity contribution in [3.8, 4) is 0 Å². The predicted octanol–water partition coefficient (Wildman–Crippen LogP) is 0.487. The summed E-state index contributed by atoms with van der Waals surface area (Å²) in [5.74, 6) is -0.832. The van der Waals surface area contributed by atoms with E-state index in [0.29, 0.717) is 5.56 Å². The SMILES string of the molecule is Cc1cc(F)c(S(=O)(=O)N2CC(C)OC(CO)C2)cc1N. The van der Waals surface area contributed by atoms with Crippen molar-refractivity contribution in [1.82, 2.24) is 4.31 Å². The number of rotatable bonds is 3. The maximum atomic E-state index is 14.0. The highest BCUT2D eigenvalue weighted by Crippen LogP contribution is 2.26. The molecule has 0 aliphatic carbocycles. The number of benzene rings is 1. The van der Waals surface area contributed by atoms with Crippen LogP contribution < -0.4 is 5.73 Å². The Morgan fingerprint density at radius 1 is 1.48 bits per heavy atom. The number of nitrogens with two attached hydrogens (primary N) is 1. The van der Waals surface area contributed by atoms with Crippen LogP contribution in [0.5, 0.6) is 0 Å². The van der Waals surface area contributed by atoms with Crippen LogP contribution in [0, 0.1) is 12.7 Å². The Balaban J connectivity index is 2.40. The van der Waals surface area contributed by atoms with Crippen molar-refractivity contribution in [2.45, 2.75) is 31.0 Å². The Hall–Kier alpha value is -1.22. The van der Waals surface area contributed by atoms with E-state index in [1.807, 2.05) is 0 Å². The van der Waals surface area contributed by atoms with Gasteiger partial charge in [-0.25, -0.2) is 12.8 Å². The quantitative estimate of drug-likeness (QED) is 0.791. The van der Waals surface area contributed by atoms with Crippen LogP contribution >= 0.6 is 0 Å². The van der Waals surface area contributed by atoms with Gasteiger partial charge in [0, 0.05) is 18.8 Å². The van der Waals surface area contributed by atoms with Crippen LogP contribution in [0.4, 0.5) is 10.1 Å². The average molecular weight is 318 g/mol. The molecule has 1 saturated heterocycles. The van der Waals surface area contributed by atoms with E-state index in [4.69, 9.17) is 15.6 Å². The summed E-state index contributed by atoms with van der Waals surface area (Å²) >= 11 is 0. The molecule has 2 unspecified atom stereocenters. The van der Waals surface area contributed by atoms with Gasteiger partial charge in [0.25, 0.3) is 0 Å². The van der Waals surface area contributed by atoms with Crippen molar-refractivity contribution in [2.75, 3.05) is 25.4 Å². The van der Waals surface area contributed by atoms with E-state index < -0.39 is 26.8 Å². The number of nitrogens with zero attached hydrogens (tertiary/aromatic N) is 1. The molecule has 21 heavy (non-hydrogen) atoms. The molecule has 1 aromatic carbocycles. The summed E-state index contributed by atoms with van der Waals surface area (Å²) in [5, 5.41) is 9.16. The molecular weight excluding hydrogens is 299 g/mol. The Labute approximate surface area is 123 Å². The summed E-state index contributed by atoms with van der Waals surface area (Å²) in [4.78, 5) is -0.448. The van der Waals surface area contributed by atoms with Crippen molar-refractivity contribution in [3.63, 3.8) is 0 Å². The lowest BCUT2D eigenvalue weighted by atomic mass is 10.2. The highest BCUT2D eigenvalue weighted by molar-refractivity contribution is 7.89. The average Bonchev–Trinajstić information content (AvgIpc) is 2.41. The van der Waals surface area contributed by atoms with E-state index in [-0.39, 0.29) is 31.5 Å². The van der Waals surface area contributed by atoms with Gasteiger partial charge >= 0.3 is 0 Å². The van der Waals surface area contributed by atoms with Gasteiger partial charge in [-0.3, -0.25) is 0 Å². The number of aliphatic hydroxyl groups is 1. The van der Waals surface area contributed by atoms with Gasteiger partial charge in [-0.1, -0.05) is 0 Å². The lowest BCUT2D eigenvalue weighted by Crippen LogP contribution is -2.50. The fourth-order valence-electron chi connectivity index (χ4n) is 2.31. The first-order chi connectivity index (χ1) is 9.75. The second-order valence-corrected chi connectivity index (χ2v) is 7.12. The van der Waals surface area contributed by atoms with Gasteiger partial charge in [0.2, 0.25) is 10.0 Å². The van der Waals surface area contributed by atoms with Crippen LogP contribution in [-0.4, -0.2) is 49.7 Å². The monoisotopic (exact) mass is 318 g/mol. The van der Waals surface area contributed by atoms with Gasteiger partial charge < -0.3 is 15.6 Å². The molecule has 6 nitrogen and oxygen atoms in total. The normalized spacial score (nSPS) is 24.2. The van der Waals surface area contributed by atoms with Crippen molar-refractivity contribution >= 4 is 15.7 Å². The minimum absolute atomic E-state index is 0.0175. The predicted molar refractivity (Wildman–Crippen MR) is 75.7 cm³/mol. The minimum Gasteiger partial charge on any atom is -0.398 e. The van der Waals surface area contributed by atoms with E-state index in [1.165, 1.54) is 0 Å². The molecule has 0 amide bonds. The zero-order valence-electron chi connectivity index (χ0n) is 11.9. The van der Waals surface area contributed by atoms with Crippen LogP contribution in [0.15, 0.2) is 17.0 Å². The molecule has 1 aromatic rings. The highest BCUT2D eigenvalue weighted by atomic mass is 32.2. The number of anilines is 1. The molecule has 1 heterocycles. The summed E-state index contributed by atoms with van der Waals surface area (Å²) in [6.07, 6.45) is -0.995. The van der Waals surface area contributed by atoms with Crippen molar-refractivity contribution in [2.24, 2.45) is 0 Å². The molecular formula is C13H19FN2O4S. The molecule has 0 aromatic heterocycles. The first-order valence-corrected chi connectivity index (χ1v) is 8.01. The molecule has 0 radical (unpaired) electrons. The third kappa shape index (κ3) is 3.18. The van der Waals surface area contributed by atoms with Gasteiger partial charge in [-0.05, 0) is 31.5 Å². The summed E-state index contributed by atoms with van der Waals surface area (Å²) < 4.78 is 45.7. The molecule has 1 aliphatic rings. The van der Waals surface area contributed by atoms with Crippen LogP contribution in [0.1, 0.15) is 12.5 Å². The first-order valence-electron chi connectivity index (χ1n) is 6.57. The summed E-state index contributed by atoms with van der Waals surface area (Å²) in [6, 6.07) is 2.24. The fraction of sp³-hybridized carbons (Fsp3) is 0.538. The maximum absolute atomic E-state index is 14.0. The molecule has 2 rings (SSSR count). The Morgan fingerprint density at radius 2 is 2.14 bits per heavy atom. The van der Waals surface area contributed by atoms with Crippen LogP contribution in [-0.2, 0) is 14.8 Å². The third-order valence-electron chi connectivity index (χ3n) is 3.43. The topological polar surface area (TPSA) is 92.9 Å². The molecule has 3 N–H and O–H groups in total. The summed E-state index contributed by atoms with van der Waals surface area (Å²) in [5.41, 5.74) is 6.38. The van der Waals surface area contributed by atoms with Gasteiger partial charge in [-0.15, -0.1) is 0 Å². The fourth-order valence-corrected chi connectivity index (χ4v) is 3.93. The Kier molecular flexibility index (Phi) is 4.52. The summed E-state index contributed by atoms with van der Waals surface area (Å²) in [7, 11) is -4.02. The number of hydrogen-bond acceptors (Lipinski definition) is 5. The molecule has 1 fully saturated rings. The number of halogens is 1. The van der Waals surface area contributed by atoms with Crippen molar-refractivity contribution < 1.29 is 22.7 Å². The van der Waals surface area contributed by atoms with E-state index in [9.17, 15) is 12.8 Å². The number of nitrogen functional groups attached to an aromatic ring is 1. The molecule has 8 heteroatoms. The first kappa shape index (κ1) is 16.2. The number of aliphatic hydroxyl groups excluding tert-OH is 1. The number of aryl methyl sites for hydroxylation is 1. The largest absolute Gasteiger partial charge is 0.398 e. The summed E-state index contributed by atoms with van der Waals surface area (Å²) in [6.45, 7) is 3.09. The van der Waals surface area contributed by atoms with Gasteiger partial charge in [0.05, 0.1) is 18.8 Å². The number of hydrogen-bond donors (Lipinski definition) is 2. The van der Waals surface area contributed by atoms with E-state index in [0.717, 1.165) is 16.4 Å². The van der Waals surface area contributed by atoms with Gasteiger partial charge in [0.15, 0.2) is 0 Å². The second kappa shape index (κ2) is 5.88. The molecule has 2 atom stereocenters. The lowest BCUT2D eigenvalue weighted by Gasteiger charge is -2.35. The minimum atomic E-state index is -4.02. The maximum Gasteiger partial charge on any atom is 0.246 e. The standard InChI is InChI=1S/C13H19FN2O4S/c1-8-3-11(14)13(4-12(8)15)21(18,19)16-5-9(2)20-10(6-16)7-17/h3-4,9-10,17H,5-7,15H2,1-2H3. The van der Waals surface area contributed by atoms with E-state index in [2.05, 4.69) is 0 Å². The van der Waals surface area contributed by atoms with Crippen molar-refractivity contribution in [3.05, 3.63) is 23.5 Å². The van der Waals surface area contributed by atoms with Crippen LogP contribution in [0.2, 0.25) is 0 Å². The van der Waals surface area contributed by atoms with E-state index >= 15 is 0 Å². The molecule has 0 spiro atoms. The number of morpholine rings is 1. The second-order valence-electron chi connectivity index (χ2n) is 5.21. The number of ether oxygens (including phenoxy) is 1. The molecule has 0 saturated carbocycles. The van der Waals surface area contributed by atoms with E-state index in [1.54, 1.807) is 13.8 Å². The zero-order chi connectivity index (χ0) is 15.8. The molecule has 1 aliphatic heterocycles. The Bertz CT molecular complexity index is 635. The molecule has 0 bridgehead atoms. The van der Waals surface area contributed by atoms with Gasteiger partial charge in [0.1, 0.15) is 10.7 Å².